The standard InChI is InChI=1S/C8H11N3O2/c1-4-3-5(7(9)12)11-6(4)8(13)10-2/h3,11H,1-2H3,(H2,9,12)(H,10,13). The van der Waals surface area contributed by atoms with E-state index in [1.54, 1.807) is 13.0 Å². The van der Waals surface area contributed by atoms with Gasteiger partial charge in [0.05, 0.1) is 0 Å². The smallest absolute Gasteiger partial charge is 0.267 e. The van der Waals surface area contributed by atoms with Gasteiger partial charge < -0.3 is 16.0 Å². The highest BCUT2D eigenvalue weighted by Gasteiger charge is 2.13. The van der Waals surface area contributed by atoms with Crippen LogP contribution in [0.3, 0.4) is 0 Å². The molecule has 70 valence electrons. The maximum atomic E-state index is 11.2. The number of hydrogen-bond acceptors (Lipinski definition) is 2. The fourth-order valence-electron chi connectivity index (χ4n) is 1.05. The summed E-state index contributed by atoms with van der Waals surface area (Å²) in [4.78, 5) is 24.6. The lowest BCUT2D eigenvalue weighted by Gasteiger charge is -1.96. The van der Waals surface area contributed by atoms with Crippen LogP contribution in [0.4, 0.5) is 0 Å². The Morgan fingerprint density at radius 3 is 2.54 bits per heavy atom. The van der Waals surface area contributed by atoms with Gasteiger partial charge in [-0.15, -0.1) is 0 Å². The van der Waals surface area contributed by atoms with E-state index in [4.69, 9.17) is 5.73 Å². The molecule has 0 bridgehead atoms. The van der Waals surface area contributed by atoms with Gasteiger partial charge in [-0.05, 0) is 18.6 Å². The van der Waals surface area contributed by atoms with Crippen LogP contribution in [0, 0.1) is 6.92 Å². The summed E-state index contributed by atoms with van der Waals surface area (Å²) in [5.41, 5.74) is 6.36. The van der Waals surface area contributed by atoms with Crippen molar-refractivity contribution in [3.8, 4) is 0 Å². The normalized spacial score (nSPS) is 9.69. The third-order valence-corrected chi connectivity index (χ3v) is 1.73. The minimum absolute atomic E-state index is 0.246. The summed E-state index contributed by atoms with van der Waals surface area (Å²) in [6, 6.07) is 1.55. The minimum atomic E-state index is -0.571. The average Bonchev–Trinajstić information content (AvgIpc) is 2.46. The third-order valence-electron chi connectivity index (χ3n) is 1.73. The molecule has 0 unspecified atom stereocenters. The van der Waals surface area contributed by atoms with Crippen LogP contribution in [0.15, 0.2) is 6.07 Å². The molecule has 5 heteroatoms. The van der Waals surface area contributed by atoms with Gasteiger partial charge in [-0.1, -0.05) is 0 Å². The van der Waals surface area contributed by atoms with E-state index in [0.29, 0.717) is 11.3 Å². The van der Waals surface area contributed by atoms with Gasteiger partial charge in [-0.3, -0.25) is 9.59 Å². The second-order valence-electron chi connectivity index (χ2n) is 2.68. The van der Waals surface area contributed by atoms with Crippen molar-refractivity contribution in [2.75, 3.05) is 7.05 Å². The molecule has 1 aromatic heterocycles. The molecule has 0 spiro atoms. The zero-order valence-corrected chi connectivity index (χ0v) is 7.47. The molecule has 5 nitrogen and oxygen atoms in total. The third kappa shape index (κ3) is 1.69. The number of amides is 2. The topological polar surface area (TPSA) is 88.0 Å². The molecule has 0 fully saturated rings. The first-order chi connectivity index (χ1) is 6.06. The van der Waals surface area contributed by atoms with Gasteiger partial charge in [0.15, 0.2) is 0 Å². The van der Waals surface area contributed by atoms with Crippen LogP contribution in [-0.4, -0.2) is 23.8 Å². The first-order valence-electron chi connectivity index (χ1n) is 3.77. The number of carbonyl (C=O) groups excluding carboxylic acids is 2. The van der Waals surface area contributed by atoms with E-state index in [2.05, 4.69) is 10.3 Å². The Bertz CT molecular complexity index is 354. The molecule has 1 heterocycles. The zero-order valence-electron chi connectivity index (χ0n) is 7.47. The molecule has 0 aromatic carbocycles. The number of aromatic nitrogens is 1. The van der Waals surface area contributed by atoms with Gasteiger partial charge in [0.2, 0.25) is 0 Å². The summed E-state index contributed by atoms with van der Waals surface area (Å²) >= 11 is 0. The molecule has 0 saturated carbocycles. The Morgan fingerprint density at radius 1 is 1.54 bits per heavy atom. The number of hydrogen-bond donors (Lipinski definition) is 3. The summed E-state index contributed by atoms with van der Waals surface area (Å²) in [7, 11) is 1.52. The van der Waals surface area contributed by atoms with Crippen molar-refractivity contribution in [2.45, 2.75) is 6.92 Å². The van der Waals surface area contributed by atoms with Crippen LogP contribution in [0.2, 0.25) is 0 Å². The molecule has 1 aromatic rings. The van der Waals surface area contributed by atoms with Crippen molar-refractivity contribution in [3.05, 3.63) is 23.0 Å². The summed E-state index contributed by atoms with van der Waals surface area (Å²) in [6.45, 7) is 1.73. The number of nitrogens with two attached hydrogens (primary N) is 1. The molecule has 2 amide bonds. The second-order valence-corrected chi connectivity index (χ2v) is 2.68. The van der Waals surface area contributed by atoms with Crippen molar-refractivity contribution in [3.63, 3.8) is 0 Å². The van der Waals surface area contributed by atoms with E-state index in [0.717, 1.165) is 0 Å². The first kappa shape index (κ1) is 9.31. The molecule has 0 aliphatic heterocycles. The molecule has 1 rings (SSSR count). The van der Waals surface area contributed by atoms with Crippen molar-refractivity contribution >= 4 is 11.8 Å². The summed E-state index contributed by atoms with van der Waals surface area (Å²) < 4.78 is 0. The lowest BCUT2D eigenvalue weighted by Crippen LogP contribution is -2.19. The van der Waals surface area contributed by atoms with Crippen LogP contribution in [0.25, 0.3) is 0 Å². The van der Waals surface area contributed by atoms with E-state index >= 15 is 0 Å². The zero-order chi connectivity index (χ0) is 10.0. The molecular weight excluding hydrogens is 170 g/mol. The molecule has 0 atom stereocenters. The van der Waals surface area contributed by atoms with Crippen LogP contribution in [0.1, 0.15) is 26.5 Å². The molecule has 0 radical (unpaired) electrons. The van der Waals surface area contributed by atoms with Gasteiger partial charge in [0.1, 0.15) is 11.4 Å². The number of nitrogens with one attached hydrogen (secondary N) is 2. The van der Waals surface area contributed by atoms with Crippen LogP contribution >= 0.6 is 0 Å². The molecule has 4 N–H and O–H groups in total. The summed E-state index contributed by atoms with van der Waals surface area (Å²) in [5.74, 6) is -0.830. The van der Waals surface area contributed by atoms with E-state index in [1.807, 2.05) is 0 Å². The number of aryl methyl sites for hydroxylation is 1. The highest BCUT2D eigenvalue weighted by Crippen LogP contribution is 2.08. The summed E-state index contributed by atoms with van der Waals surface area (Å²) in [6.07, 6.45) is 0. The van der Waals surface area contributed by atoms with Crippen molar-refractivity contribution in [2.24, 2.45) is 5.73 Å². The molecule has 13 heavy (non-hydrogen) atoms. The predicted molar refractivity (Wildman–Crippen MR) is 47.4 cm³/mol. The van der Waals surface area contributed by atoms with E-state index in [-0.39, 0.29) is 11.6 Å². The van der Waals surface area contributed by atoms with Crippen LogP contribution < -0.4 is 11.1 Å². The van der Waals surface area contributed by atoms with Gasteiger partial charge >= 0.3 is 0 Å². The van der Waals surface area contributed by atoms with Gasteiger partial charge in [-0.25, -0.2) is 0 Å². The fraction of sp³-hybridized carbons (Fsp3) is 0.250. The Hall–Kier alpha value is -1.78. The molecule has 0 aliphatic carbocycles. The monoisotopic (exact) mass is 181 g/mol. The minimum Gasteiger partial charge on any atom is -0.364 e. The quantitative estimate of drug-likeness (QED) is 0.589. The molecular formula is C8H11N3O2. The first-order valence-corrected chi connectivity index (χ1v) is 3.77. The Morgan fingerprint density at radius 2 is 2.15 bits per heavy atom. The van der Waals surface area contributed by atoms with Gasteiger partial charge in [0, 0.05) is 7.05 Å². The number of H-pyrrole nitrogens is 1. The fourth-order valence-corrected chi connectivity index (χ4v) is 1.05. The lowest BCUT2D eigenvalue weighted by atomic mass is 10.2. The van der Waals surface area contributed by atoms with E-state index < -0.39 is 5.91 Å². The SMILES string of the molecule is CNC(=O)c1[nH]c(C(N)=O)cc1C. The molecule has 0 saturated heterocycles. The number of aromatic amines is 1. The van der Waals surface area contributed by atoms with E-state index in [9.17, 15) is 9.59 Å². The number of carbonyl (C=O) groups is 2. The van der Waals surface area contributed by atoms with Crippen LogP contribution in [0.5, 0.6) is 0 Å². The average molecular weight is 181 g/mol. The van der Waals surface area contributed by atoms with E-state index in [1.165, 1.54) is 7.05 Å². The van der Waals surface area contributed by atoms with Gasteiger partial charge in [0.25, 0.3) is 11.8 Å². The Kier molecular flexibility index (Phi) is 2.36. The lowest BCUT2D eigenvalue weighted by molar-refractivity contribution is 0.0958. The van der Waals surface area contributed by atoms with Crippen molar-refractivity contribution < 1.29 is 9.59 Å². The highest BCUT2D eigenvalue weighted by molar-refractivity contribution is 5.97. The number of rotatable bonds is 2. The second kappa shape index (κ2) is 3.30. The maximum absolute atomic E-state index is 11.2. The Balaban J connectivity index is 3.10. The highest BCUT2D eigenvalue weighted by atomic mass is 16.2. The summed E-state index contributed by atoms with van der Waals surface area (Å²) in [5, 5.41) is 2.45. The largest absolute Gasteiger partial charge is 0.364 e. The predicted octanol–water partition coefficient (Wildman–Crippen LogP) is -0.218. The van der Waals surface area contributed by atoms with Crippen LogP contribution in [-0.2, 0) is 0 Å². The van der Waals surface area contributed by atoms with Gasteiger partial charge in [-0.2, -0.15) is 0 Å². The Labute approximate surface area is 75.3 Å². The molecule has 0 aliphatic rings. The van der Waals surface area contributed by atoms with Crippen molar-refractivity contribution in [1.82, 2.24) is 10.3 Å². The maximum Gasteiger partial charge on any atom is 0.267 e. The number of primary amides is 1. The van der Waals surface area contributed by atoms with Crippen molar-refractivity contribution in [1.29, 1.82) is 0 Å².